The number of aromatic nitrogens is 3. The maximum Gasteiger partial charge on any atom is 0.255 e. The Labute approximate surface area is 174 Å². The van der Waals surface area contributed by atoms with Gasteiger partial charge in [0.1, 0.15) is 11.5 Å². The molecule has 29 heavy (non-hydrogen) atoms. The van der Waals surface area contributed by atoms with Crippen molar-refractivity contribution in [2.75, 3.05) is 5.32 Å². The van der Waals surface area contributed by atoms with Crippen LogP contribution in [0.5, 0.6) is 0 Å². The van der Waals surface area contributed by atoms with Gasteiger partial charge in [0, 0.05) is 36.7 Å². The van der Waals surface area contributed by atoms with Crippen molar-refractivity contribution in [2.24, 2.45) is 7.05 Å². The van der Waals surface area contributed by atoms with Gasteiger partial charge in [-0.3, -0.25) is 9.36 Å². The van der Waals surface area contributed by atoms with Crippen LogP contribution in [-0.4, -0.2) is 31.8 Å². The molecule has 0 radical (unpaired) electrons. The Hall–Kier alpha value is -2.51. The van der Waals surface area contributed by atoms with Gasteiger partial charge in [-0.05, 0) is 43.4 Å². The zero-order valence-corrected chi connectivity index (χ0v) is 17.0. The molecule has 0 spiro atoms. The molecule has 3 aromatic rings. The number of aliphatic hydroxyl groups is 1. The number of rotatable bonds is 4. The summed E-state index contributed by atoms with van der Waals surface area (Å²) in [4.78, 5) is 21.7. The maximum absolute atomic E-state index is 14.0. The Bertz CT molecular complexity index is 1060. The Morgan fingerprint density at radius 2 is 1.93 bits per heavy atom. The lowest BCUT2D eigenvalue weighted by molar-refractivity contribution is 0.126. The van der Waals surface area contributed by atoms with Crippen LogP contribution >= 0.6 is 12.4 Å². The molecule has 0 bridgehead atoms. The van der Waals surface area contributed by atoms with E-state index < -0.39 is 0 Å². The molecule has 1 aliphatic carbocycles. The van der Waals surface area contributed by atoms with Gasteiger partial charge in [0.05, 0.1) is 6.10 Å². The third-order valence-corrected chi connectivity index (χ3v) is 5.39. The minimum atomic E-state index is -0.321. The van der Waals surface area contributed by atoms with Crippen molar-refractivity contribution in [3.8, 4) is 0 Å². The molecule has 0 amide bonds. The van der Waals surface area contributed by atoms with Crippen molar-refractivity contribution >= 4 is 29.4 Å². The van der Waals surface area contributed by atoms with Crippen molar-refractivity contribution in [1.29, 1.82) is 0 Å². The number of anilines is 1. The number of nitrogens with one attached hydrogen (secondary N) is 1. The highest BCUT2D eigenvalue weighted by Crippen LogP contribution is 2.22. The largest absolute Gasteiger partial charge is 0.393 e. The number of fused-ring (bicyclic) bond motifs is 1. The van der Waals surface area contributed by atoms with Gasteiger partial charge in [0.15, 0.2) is 0 Å². The number of hydrogen-bond acceptors (Lipinski definition) is 5. The molecule has 2 aromatic heterocycles. The van der Waals surface area contributed by atoms with Crippen LogP contribution in [0.4, 0.5) is 10.3 Å². The van der Waals surface area contributed by atoms with Gasteiger partial charge in [-0.2, -0.15) is 4.98 Å². The molecule has 1 fully saturated rings. The normalized spacial score (nSPS) is 19.0. The molecule has 0 atom stereocenters. The van der Waals surface area contributed by atoms with Crippen LogP contribution in [0.15, 0.2) is 41.3 Å². The standard InChI is InChI=1S/C21H23FN4O2.ClH/c1-26-19-15(11-14(20(26)28)10-13-4-2-3-5-18(13)22)12-23-21(25-19)24-16-6-8-17(27)9-7-16;/h2-5,11-12,16-17,27H,6-10H2,1H3,(H,23,24,25);1H. The number of pyridine rings is 1. The number of aryl methyl sites for hydroxylation is 1. The van der Waals surface area contributed by atoms with Crippen LogP contribution in [0.3, 0.4) is 0 Å². The minimum absolute atomic E-state index is 0. The quantitative estimate of drug-likeness (QED) is 0.680. The van der Waals surface area contributed by atoms with E-state index in [0.717, 1.165) is 31.1 Å². The lowest BCUT2D eigenvalue weighted by Gasteiger charge is -2.26. The summed E-state index contributed by atoms with van der Waals surface area (Å²) in [6.07, 6.45) is 4.95. The van der Waals surface area contributed by atoms with Crippen LogP contribution < -0.4 is 10.9 Å². The molecule has 0 aliphatic heterocycles. The fourth-order valence-corrected chi connectivity index (χ4v) is 3.76. The summed E-state index contributed by atoms with van der Waals surface area (Å²) < 4.78 is 15.5. The van der Waals surface area contributed by atoms with Gasteiger partial charge in [0.25, 0.3) is 5.56 Å². The molecule has 0 unspecified atom stereocenters. The van der Waals surface area contributed by atoms with Crippen molar-refractivity contribution in [3.63, 3.8) is 0 Å². The van der Waals surface area contributed by atoms with Crippen LogP contribution in [0.25, 0.3) is 11.0 Å². The Morgan fingerprint density at radius 1 is 1.21 bits per heavy atom. The second-order valence-corrected chi connectivity index (χ2v) is 7.42. The first kappa shape index (κ1) is 21.2. The van der Waals surface area contributed by atoms with E-state index >= 15 is 0 Å². The third-order valence-electron chi connectivity index (χ3n) is 5.39. The van der Waals surface area contributed by atoms with Crippen LogP contribution in [0, 0.1) is 5.82 Å². The average molecular weight is 419 g/mol. The number of aliphatic hydroxyl groups excluding tert-OH is 1. The summed E-state index contributed by atoms with van der Waals surface area (Å²) in [6, 6.07) is 8.43. The van der Waals surface area contributed by atoms with E-state index in [4.69, 9.17) is 0 Å². The smallest absolute Gasteiger partial charge is 0.255 e. The Morgan fingerprint density at radius 3 is 2.66 bits per heavy atom. The van der Waals surface area contributed by atoms with E-state index in [-0.39, 0.29) is 42.4 Å². The second kappa shape index (κ2) is 8.88. The van der Waals surface area contributed by atoms with Crippen molar-refractivity contribution < 1.29 is 9.50 Å². The molecule has 0 saturated heterocycles. The third kappa shape index (κ3) is 4.57. The highest BCUT2D eigenvalue weighted by molar-refractivity contribution is 5.85. The number of nitrogens with zero attached hydrogens (tertiary/aromatic N) is 3. The fourth-order valence-electron chi connectivity index (χ4n) is 3.76. The lowest BCUT2D eigenvalue weighted by atomic mass is 9.93. The van der Waals surface area contributed by atoms with Crippen molar-refractivity contribution in [2.45, 2.75) is 44.2 Å². The lowest BCUT2D eigenvalue weighted by Crippen LogP contribution is -2.29. The molecular formula is C21H24ClFN4O2. The number of benzene rings is 1. The Kier molecular flexibility index (Phi) is 6.49. The van der Waals surface area contributed by atoms with Crippen molar-refractivity contribution in [3.05, 3.63) is 63.8 Å². The van der Waals surface area contributed by atoms with Crippen LogP contribution in [0.2, 0.25) is 0 Å². The summed E-state index contributed by atoms with van der Waals surface area (Å²) in [7, 11) is 1.67. The minimum Gasteiger partial charge on any atom is -0.393 e. The molecular weight excluding hydrogens is 395 g/mol. The zero-order chi connectivity index (χ0) is 19.7. The van der Waals surface area contributed by atoms with Crippen LogP contribution in [0.1, 0.15) is 36.8 Å². The van der Waals surface area contributed by atoms with Gasteiger partial charge >= 0.3 is 0 Å². The zero-order valence-electron chi connectivity index (χ0n) is 16.1. The first-order valence-electron chi connectivity index (χ1n) is 9.55. The highest BCUT2D eigenvalue weighted by atomic mass is 35.5. The van der Waals surface area contributed by atoms with E-state index in [1.165, 1.54) is 10.6 Å². The maximum atomic E-state index is 14.0. The molecule has 8 heteroatoms. The van der Waals surface area contributed by atoms with Gasteiger partial charge in [0.2, 0.25) is 5.95 Å². The van der Waals surface area contributed by atoms with E-state index in [1.807, 2.05) is 0 Å². The summed E-state index contributed by atoms with van der Waals surface area (Å²) in [5.74, 6) is 0.156. The summed E-state index contributed by atoms with van der Waals surface area (Å²) in [5, 5.41) is 13.7. The fraction of sp³-hybridized carbons (Fsp3) is 0.381. The molecule has 154 valence electrons. The van der Waals surface area contributed by atoms with Gasteiger partial charge < -0.3 is 10.4 Å². The highest BCUT2D eigenvalue weighted by Gasteiger charge is 2.20. The summed E-state index contributed by atoms with van der Waals surface area (Å²) in [5.41, 5.74) is 1.33. The van der Waals surface area contributed by atoms with E-state index in [0.29, 0.717) is 22.7 Å². The van der Waals surface area contributed by atoms with Crippen LogP contribution in [-0.2, 0) is 13.5 Å². The van der Waals surface area contributed by atoms with E-state index in [1.54, 1.807) is 37.5 Å². The molecule has 1 aliphatic rings. The molecule has 6 nitrogen and oxygen atoms in total. The van der Waals surface area contributed by atoms with Crippen molar-refractivity contribution in [1.82, 2.24) is 14.5 Å². The molecule has 1 saturated carbocycles. The second-order valence-electron chi connectivity index (χ2n) is 7.42. The summed E-state index contributed by atoms with van der Waals surface area (Å²) >= 11 is 0. The predicted molar refractivity (Wildman–Crippen MR) is 113 cm³/mol. The van der Waals surface area contributed by atoms with Gasteiger partial charge in [-0.25, -0.2) is 9.37 Å². The SMILES string of the molecule is Cl.Cn1c(=O)c(Cc2ccccc2F)cc2cnc(NC3CCC(O)CC3)nc21. The average Bonchev–Trinajstić information content (AvgIpc) is 2.70. The summed E-state index contributed by atoms with van der Waals surface area (Å²) in [6.45, 7) is 0. The number of hydrogen-bond donors (Lipinski definition) is 2. The first-order valence-corrected chi connectivity index (χ1v) is 9.55. The molecule has 2 N–H and O–H groups in total. The first-order chi connectivity index (χ1) is 13.5. The molecule has 1 aromatic carbocycles. The van der Waals surface area contributed by atoms with Gasteiger partial charge in [-0.15, -0.1) is 12.4 Å². The molecule has 2 heterocycles. The molecule has 4 rings (SSSR count). The Balaban J connectivity index is 0.00000240. The monoisotopic (exact) mass is 418 g/mol. The van der Waals surface area contributed by atoms with E-state index in [2.05, 4.69) is 15.3 Å². The number of halogens is 2. The predicted octanol–water partition coefficient (Wildman–Crippen LogP) is 3.20. The van der Waals surface area contributed by atoms with E-state index in [9.17, 15) is 14.3 Å². The topological polar surface area (TPSA) is 80.0 Å². The van der Waals surface area contributed by atoms with Gasteiger partial charge in [-0.1, -0.05) is 18.2 Å².